The van der Waals surface area contributed by atoms with Crippen LogP contribution in [0.5, 0.6) is 0 Å². The Hall–Kier alpha value is -3.68. The maximum absolute atomic E-state index is 15.1. The average Bonchev–Trinajstić information content (AvgIpc) is 3.30. The lowest BCUT2D eigenvalue weighted by Gasteiger charge is -2.28. The number of aromatic nitrogens is 2. The van der Waals surface area contributed by atoms with Crippen LogP contribution >= 0.6 is 0 Å². The van der Waals surface area contributed by atoms with Crippen LogP contribution in [-0.4, -0.2) is 21.0 Å². The molecule has 1 saturated carbocycles. The average molecular weight is 511 g/mol. The molecule has 192 valence electrons. The normalized spacial score (nSPS) is 18.3. The van der Waals surface area contributed by atoms with Crippen molar-refractivity contribution in [1.82, 2.24) is 9.97 Å². The van der Waals surface area contributed by atoms with Crippen LogP contribution in [0, 0.1) is 11.7 Å². The lowest BCUT2D eigenvalue weighted by atomic mass is 9.77. The Morgan fingerprint density at radius 1 is 0.946 bits per heavy atom. The van der Waals surface area contributed by atoms with Crippen molar-refractivity contribution in [2.45, 2.75) is 50.6 Å². The van der Waals surface area contributed by atoms with Crippen molar-refractivity contribution < 1.29 is 27.5 Å². The molecule has 4 aromatic rings. The van der Waals surface area contributed by atoms with Crippen LogP contribution in [0.2, 0.25) is 0 Å². The summed E-state index contributed by atoms with van der Waals surface area (Å²) in [7, 11) is 0. The number of alkyl halides is 3. The van der Waals surface area contributed by atoms with Gasteiger partial charge in [0.15, 0.2) is 0 Å². The minimum absolute atomic E-state index is 0.174. The lowest BCUT2D eigenvalue weighted by molar-refractivity contribution is -0.138. The van der Waals surface area contributed by atoms with Gasteiger partial charge in [0.1, 0.15) is 11.6 Å². The van der Waals surface area contributed by atoms with Crippen LogP contribution in [0.25, 0.3) is 33.5 Å². The van der Waals surface area contributed by atoms with E-state index in [1.807, 2.05) is 12.1 Å². The molecule has 8 heteroatoms. The molecule has 0 unspecified atom stereocenters. The molecule has 1 aromatic heterocycles. The fourth-order valence-electron chi connectivity index (χ4n) is 5.26. The number of aliphatic carboxylic acids is 1. The summed E-state index contributed by atoms with van der Waals surface area (Å²) in [4.78, 5) is 17.9. The van der Waals surface area contributed by atoms with Gasteiger partial charge in [-0.1, -0.05) is 30.3 Å². The molecule has 0 atom stereocenters. The van der Waals surface area contributed by atoms with Gasteiger partial charge in [0.2, 0.25) is 0 Å². The number of nitrogens with zero attached hydrogens (tertiary/aromatic N) is 1. The Morgan fingerprint density at radius 3 is 2.30 bits per heavy atom. The fourth-order valence-corrected chi connectivity index (χ4v) is 5.26. The molecule has 0 spiro atoms. The van der Waals surface area contributed by atoms with Crippen LogP contribution in [0.4, 0.5) is 17.6 Å². The molecule has 0 bridgehead atoms. The minimum atomic E-state index is -4.47. The van der Waals surface area contributed by atoms with Gasteiger partial charge in [-0.15, -0.1) is 0 Å². The van der Waals surface area contributed by atoms with E-state index in [1.54, 1.807) is 12.1 Å². The van der Waals surface area contributed by atoms with E-state index in [1.165, 1.54) is 17.7 Å². The third kappa shape index (κ3) is 5.53. The summed E-state index contributed by atoms with van der Waals surface area (Å²) in [5, 5.41) is 8.89. The summed E-state index contributed by atoms with van der Waals surface area (Å²) in [6.07, 6.45) is 0.643. The molecule has 0 saturated heterocycles. The van der Waals surface area contributed by atoms with Gasteiger partial charge in [0, 0.05) is 6.42 Å². The van der Waals surface area contributed by atoms with Gasteiger partial charge in [-0.05, 0) is 91.0 Å². The Kier molecular flexibility index (Phi) is 6.75. The predicted molar refractivity (Wildman–Crippen MR) is 133 cm³/mol. The van der Waals surface area contributed by atoms with E-state index in [0.29, 0.717) is 22.9 Å². The summed E-state index contributed by atoms with van der Waals surface area (Å²) in [5.74, 6) is -0.157. The van der Waals surface area contributed by atoms with Gasteiger partial charge in [-0.25, -0.2) is 9.37 Å². The highest BCUT2D eigenvalue weighted by atomic mass is 19.4. The first-order chi connectivity index (χ1) is 17.7. The van der Waals surface area contributed by atoms with Crippen LogP contribution in [-0.2, 0) is 11.0 Å². The highest BCUT2D eigenvalue weighted by Gasteiger charge is 2.31. The number of H-pyrrole nitrogens is 1. The van der Waals surface area contributed by atoms with Crippen molar-refractivity contribution in [3.63, 3.8) is 0 Å². The zero-order valence-corrected chi connectivity index (χ0v) is 20.0. The molecule has 1 fully saturated rings. The SMILES string of the molecule is O=C(O)CCC1CCC(c2ccc(-c3ccc(-c4nc5ccc(C(F)(F)F)cc5[nH]4)c(F)c3)cc2)CC1. The first-order valence-corrected chi connectivity index (χ1v) is 12.4. The Balaban J connectivity index is 1.29. The second-order valence-corrected chi connectivity index (χ2v) is 9.78. The van der Waals surface area contributed by atoms with Crippen molar-refractivity contribution in [1.29, 1.82) is 0 Å². The zero-order chi connectivity index (χ0) is 26.2. The number of carbonyl (C=O) groups is 1. The largest absolute Gasteiger partial charge is 0.481 e. The molecule has 2 N–H and O–H groups in total. The monoisotopic (exact) mass is 510 g/mol. The quantitative estimate of drug-likeness (QED) is 0.257. The number of carboxylic acid groups (broad SMARTS) is 1. The second kappa shape index (κ2) is 10.00. The molecule has 1 aliphatic rings. The zero-order valence-electron chi connectivity index (χ0n) is 20.0. The second-order valence-electron chi connectivity index (χ2n) is 9.78. The first-order valence-electron chi connectivity index (χ1n) is 12.4. The van der Waals surface area contributed by atoms with Crippen LogP contribution in [0.1, 0.15) is 55.6 Å². The third-order valence-corrected chi connectivity index (χ3v) is 7.36. The van der Waals surface area contributed by atoms with Crippen molar-refractivity contribution in [3.8, 4) is 22.5 Å². The minimum Gasteiger partial charge on any atom is -0.481 e. The molecular weight excluding hydrogens is 484 g/mol. The molecule has 3 aromatic carbocycles. The van der Waals surface area contributed by atoms with Gasteiger partial charge in [-0.2, -0.15) is 13.2 Å². The summed E-state index contributed by atoms with van der Waals surface area (Å²) in [5.41, 5.74) is 2.71. The summed E-state index contributed by atoms with van der Waals surface area (Å²) < 4.78 is 54.1. The molecule has 1 aliphatic carbocycles. The van der Waals surface area contributed by atoms with E-state index >= 15 is 4.39 Å². The Bertz CT molecular complexity index is 1420. The third-order valence-electron chi connectivity index (χ3n) is 7.36. The highest BCUT2D eigenvalue weighted by Crippen LogP contribution is 2.38. The van der Waals surface area contributed by atoms with Crippen LogP contribution in [0.3, 0.4) is 0 Å². The van der Waals surface area contributed by atoms with Crippen LogP contribution < -0.4 is 0 Å². The lowest BCUT2D eigenvalue weighted by Crippen LogP contribution is -2.14. The maximum Gasteiger partial charge on any atom is 0.416 e. The number of benzene rings is 3. The van der Waals surface area contributed by atoms with E-state index in [-0.39, 0.29) is 23.3 Å². The van der Waals surface area contributed by atoms with Crippen molar-refractivity contribution in [2.24, 2.45) is 5.92 Å². The highest BCUT2D eigenvalue weighted by molar-refractivity contribution is 5.81. The van der Waals surface area contributed by atoms with Gasteiger partial charge in [0.25, 0.3) is 0 Å². The molecule has 4 nitrogen and oxygen atoms in total. The Morgan fingerprint density at radius 2 is 1.65 bits per heavy atom. The number of aromatic amines is 1. The molecule has 5 rings (SSSR count). The number of nitrogens with one attached hydrogen (secondary N) is 1. The molecular formula is C29H26F4N2O2. The maximum atomic E-state index is 15.1. The topological polar surface area (TPSA) is 66.0 Å². The van der Waals surface area contributed by atoms with Crippen molar-refractivity contribution in [2.75, 3.05) is 0 Å². The van der Waals surface area contributed by atoms with Gasteiger partial charge >= 0.3 is 12.1 Å². The number of hydrogen-bond acceptors (Lipinski definition) is 2. The van der Waals surface area contributed by atoms with E-state index in [4.69, 9.17) is 5.11 Å². The van der Waals surface area contributed by atoms with Crippen molar-refractivity contribution in [3.05, 3.63) is 77.6 Å². The fraction of sp³-hybridized carbons (Fsp3) is 0.310. The van der Waals surface area contributed by atoms with E-state index in [9.17, 15) is 18.0 Å². The smallest absolute Gasteiger partial charge is 0.416 e. The predicted octanol–water partition coefficient (Wildman–Crippen LogP) is 8.19. The number of imidazole rings is 1. The number of fused-ring (bicyclic) bond motifs is 1. The molecule has 37 heavy (non-hydrogen) atoms. The molecule has 0 radical (unpaired) electrons. The summed E-state index contributed by atoms with van der Waals surface area (Å²) >= 11 is 0. The van der Waals surface area contributed by atoms with E-state index in [0.717, 1.165) is 49.8 Å². The van der Waals surface area contributed by atoms with E-state index in [2.05, 4.69) is 22.1 Å². The standard InChI is InChI=1S/C29H26F4N2O2/c30-24-15-21(10-12-23(24)28-34-25-13-11-22(29(31,32)33)16-26(25)35-28)20-8-6-19(7-9-20)18-4-1-17(2-5-18)3-14-27(36)37/h6-13,15-18H,1-5,14H2,(H,34,35)(H,36,37). The number of rotatable bonds is 6. The van der Waals surface area contributed by atoms with Crippen molar-refractivity contribution >= 4 is 17.0 Å². The summed E-state index contributed by atoms with van der Waals surface area (Å²) in [6.45, 7) is 0. The number of hydrogen-bond donors (Lipinski definition) is 2. The van der Waals surface area contributed by atoms with Crippen LogP contribution in [0.15, 0.2) is 60.7 Å². The van der Waals surface area contributed by atoms with Gasteiger partial charge < -0.3 is 10.1 Å². The number of halogens is 4. The molecule has 0 aliphatic heterocycles. The van der Waals surface area contributed by atoms with Gasteiger partial charge in [0.05, 0.1) is 22.2 Å². The number of carboxylic acids is 1. The Labute approximate surface area is 211 Å². The first kappa shape index (κ1) is 25.0. The summed E-state index contributed by atoms with van der Waals surface area (Å²) in [6, 6.07) is 16.1. The molecule has 1 heterocycles. The van der Waals surface area contributed by atoms with E-state index < -0.39 is 23.5 Å². The van der Waals surface area contributed by atoms with Gasteiger partial charge in [-0.3, -0.25) is 4.79 Å². The molecule has 0 amide bonds.